The van der Waals surface area contributed by atoms with Gasteiger partial charge in [-0.15, -0.1) is 0 Å². The summed E-state index contributed by atoms with van der Waals surface area (Å²) in [5.74, 6) is -1.74. The molecule has 0 aromatic rings. The van der Waals surface area contributed by atoms with Crippen LogP contribution in [-0.2, 0) is 9.53 Å². The van der Waals surface area contributed by atoms with Gasteiger partial charge in [0.05, 0.1) is 18.8 Å². The Morgan fingerprint density at radius 1 is 1.70 bits per heavy atom. The van der Waals surface area contributed by atoms with E-state index >= 15 is 0 Å². The maximum Gasteiger partial charge on any atom is 0.311 e. The number of carbonyl (C=O) groups is 1. The summed E-state index contributed by atoms with van der Waals surface area (Å²) in [6.07, 6.45) is -1.21. The molecular weight excluding hydrogens is 136 g/mol. The molecule has 0 amide bonds. The zero-order valence-electron chi connectivity index (χ0n) is 5.65. The molecule has 4 nitrogen and oxygen atoms in total. The normalized spacial score (nSPS) is 40.0. The Hall–Kier alpha value is -0.610. The third-order valence-electron chi connectivity index (χ3n) is 1.74. The molecule has 0 aliphatic carbocycles. The van der Waals surface area contributed by atoms with E-state index in [1.807, 2.05) is 0 Å². The summed E-state index contributed by atoms with van der Waals surface area (Å²) in [7, 11) is 0. The van der Waals surface area contributed by atoms with Crippen LogP contribution in [0.2, 0.25) is 0 Å². The molecule has 0 aromatic carbocycles. The van der Waals surface area contributed by atoms with Crippen LogP contribution >= 0.6 is 0 Å². The van der Waals surface area contributed by atoms with Gasteiger partial charge in [-0.1, -0.05) is 0 Å². The molecule has 0 bridgehead atoms. The van der Waals surface area contributed by atoms with E-state index in [0.29, 0.717) is 0 Å². The van der Waals surface area contributed by atoms with Crippen LogP contribution in [-0.4, -0.2) is 35.0 Å². The third kappa shape index (κ3) is 1.12. The summed E-state index contributed by atoms with van der Waals surface area (Å²) in [5, 5.41) is 17.5. The van der Waals surface area contributed by atoms with E-state index < -0.39 is 18.0 Å². The van der Waals surface area contributed by atoms with Crippen LogP contribution in [0.15, 0.2) is 0 Å². The van der Waals surface area contributed by atoms with Crippen LogP contribution in [0.25, 0.3) is 0 Å². The Kier molecular flexibility index (Phi) is 1.92. The Morgan fingerprint density at radius 3 is 2.50 bits per heavy atom. The fourth-order valence-electron chi connectivity index (χ4n) is 1.14. The number of hydrogen-bond acceptors (Lipinski definition) is 3. The van der Waals surface area contributed by atoms with E-state index in [1.165, 1.54) is 0 Å². The van der Waals surface area contributed by atoms with E-state index in [0.717, 1.165) is 0 Å². The molecule has 2 N–H and O–H groups in total. The first-order chi connectivity index (χ1) is 4.63. The fraction of sp³-hybridized carbons (Fsp3) is 0.833. The standard InChI is InChI=1S/C6H10O4/c1-3-5(6(8)9)4(7)2-10-3/h3-5,7H,2H2,1H3,(H,8,9)/t3-,4+,5-/m0/s1. The van der Waals surface area contributed by atoms with Gasteiger partial charge in [-0.05, 0) is 6.92 Å². The first-order valence-electron chi connectivity index (χ1n) is 3.15. The van der Waals surface area contributed by atoms with Crippen LogP contribution < -0.4 is 0 Å². The van der Waals surface area contributed by atoms with Crippen molar-refractivity contribution >= 4 is 5.97 Å². The van der Waals surface area contributed by atoms with Crippen LogP contribution in [0.3, 0.4) is 0 Å². The van der Waals surface area contributed by atoms with Gasteiger partial charge in [-0.25, -0.2) is 0 Å². The Labute approximate surface area is 58.4 Å². The number of aliphatic hydroxyl groups excluding tert-OH is 1. The number of carboxylic acids is 1. The molecule has 1 heterocycles. The zero-order valence-corrected chi connectivity index (χ0v) is 5.65. The van der Waals surface area contributed by atoms with Crippen LogP contribution in [0, 0.1) is 5.92 Å². The van der Waals surface area contributed by atoms with Gasteiger partial charge >= 0.3 is 5.97 Å². The van der Waals surface area contributed by atoms with Crippen LogP contribution in [0.1, 0.15) is 6.92 Å². The largest absolute Gasteiger partial charge is 0.481 e. The minimum absolute atomic E-state index is 0.137. The number of ether oxygens (including phenoxy) is 1. The van der Waals surface area contributed by atoms with Gasteiger partial charge in [-0.2, -0.15) is 0 Å². The van der Waals surface area contributed by atoms with Crippen molar-refractivity contribution < 1.29 is 19.7 Å². The minimum Gasteiger partial charge on any atom is -0.481 e. The third-order valence-corrected chi connectivity index (χ3v) is 1.74. The molecule has 1 fully saturated rings. The molecular formula is C6H10O4. The second-order valence-corrected chi connectivity index (χ2v) is 2.47. The lowest BCUT2D eigenvalue weighted by Gasteiger charge is -2.09. The van der Waals surface area contributed by atoms with E-state index in [1.54, 1.807) is 6.92 Å². The second-order valence-electron chi connectivity index (χ2n) is 2.47. The van der Waals surface area contributed by atoms with E-state index in [4.69, 9.17) is 14.9 Å². The molecule has 1 rings (SSSR count). The maximum absolute atomic E-state index is 10.4. The first kappa shape index (κ1) is 7.50. The van der Waals surface area contributed by atoms with Gasteiger partial charge in [0.2, 0.25) is 0 Å². The van der Waals surface area contributed by atoms with Gasteiger partial charge in [0.15, 0.2) is 0 Å². The number of carboxylic acid groups (broad SMARTS) is 1. The number of rotatable bonds is 1. The summed E-state index contributed by atoms with van der Waals surface area (Å²) >= 11 is 0. The van der Waals surface area contributed by atoms with Crippen molar-refractivity contribution in [2.75, 3.05) is 6.61 Å². The van der Waals surface area contributed by atoms with Crippen molar-refractivity contribution in [3.8, 4) is 0 Å². The minimum atomic E-state index is -0.988. The Morgan fingerprint density at radius 2 is 2.30 bits per heavy atom. The van der Waals surface area contributed by atoms with Gasteiger partial charge in [0, 0.05) is 0 Å². The average Bonchev–Trinajstić information content (AvgIpc) is 2.11. The summed E-state index contributed by atoms with van der Waals surface area (Å²) in [4.78, 5) is 10.4. The quantitative estimate of drug-likeness (QED) is 0.521. The lowest BCUT2D eigenvalue weighted by Crippen LogP contribution is -2.30. The molecule has 0 aromatic heterocycles. The SMILES string of the molecule is C[C@@H]1OC[C@@H](O)[C@H]1C(=O)O. The number of aliphatic carboxylic acids is 1. The highest BCUT2D eigenvalue weighted by Crippen LogP contribution is 2.20. The molecule has 0 spiro atoms. The van der Waals surface area contributed by atoms with Gasteiger partial charge < -0.3 is 14.9 Å². The lowest BCUT2D eigenvalue weighted by molar-refractivity contribution is -0.145. The monoisotopic (exact) mass is 146 g/mol. The van der Waals surface area contributed by atoms with Crippen molar-refractivity contribution in [2.45, 2.75) is 19.1 Å². The molecule has 1 aliphatic heterocycles. The van der Waals surface area contributed by atoms with E-state index in [9.17, 15) is 4.79 Å². The number of hydrogen-bond donors (Lipinski definition) is 2. The summed E-state index contributed by atoms with van der Waals surface area (Å²) < 4.78 is 4.91. The predicted octanol–water partition coefficient (Wildman–Crippen LogP) is -0.533. The topological polar surface area (TPSA) is 66.8 Å². The van der Waals surface area contributed by atoms with Crippen molar-refractivity contribution in [1.82, 2.24) is 0 Å². The van der Waals surface area contributed by atoms with Gasteiger partial charge in [0.1, 0.15) is 5.92 Å². The fourth-order valence-corrected chi connectivity index (χ4v) is 1.14. The van der Waals surface area contributed by atoms with Crippen LogP contribution in [0.4, 0.5) is 0 Å². The second kappa shape index (κ2) is 2.56. The average molecular weight is 146 g/mol. The molecule has 58 valence electrons. The van der Waals surface area contributed by atoms with Crippen molar-refractivity contribution in [3.05, 3.63) is 0 Å². The predicted molar refractivity (Wildman–Crippen MR) is 32.5 cm³/mol. The zero-order chi connectivity index (χ0) is 7.72. The summed E-state index contributed by atoms with van der Waals surface area (Å²) in [5.41, 5.74) is 0. The molecule has 1 aliphatic rings. The van der Waals surface area contributed by atoms with Crippen molar-refractivity contribution in [3.63, 3.8) is 0 Å². The Bertz CT molecular complexity index is 135. The molecule has 0 radical (unpaired) electrons. The Balaban J connectivity index is 2.63. The van der Waals surface area contributed by atoms with Gasteiger partial charge in [0.25, 0.3) is 0 Å². The molecule has 1 saturated heterocycles. The highest BCUT2D eigenvalue weighted by atomic mass is 16.5. The van der Waals surface area contributed by atoms with E-state index in [2.05, 4.69) is 0 Å². The number of aliphatic hydroxyl groups is 1. The molecule has 3 atom stereocenters. The highest BCUT2D eigenvalue weighted by molar-refractivity contribution is 5.71. The van der Waals surface area contributed by atoms with Crippen molar-refractivity contribution in [1.29, 1.82) is 0 Å². The summed E-state index contributed by atoms with van der Waals surface area (Å²) in [6, 6.07) is 0. The maximum atomic E-state index is 10.4. The molecule has 4 heteroatoms. The van der Waals surface area contributed by atoms with Crippen LogP contribution in [0.5, 0.6) is 0 Å². The lowest BCUT2D eigenvalue weighted by atomic mass is 10.0. The van der Waals surface area contributed by atoms with Gasteiger partial charge in [-0.3, -0.25) is 4.79 Å². The summed E-state index contributed by atoms with van der Waals surface area (Å²) in [6.45, 7) is 1.78. The first-order valence-corrected chi connectivity index (χ1v) is 3.15. The highest BCUT2D eigenvalue weighted by Gasteiger charge is 2.38. The molecule has 0 saturated carbocycles. The van der Waals surface area contributed by atoms with E-state index in [-0.39, 0.29) is 12.7 Å². The molecule has 10 heavy (non-hydrogen) atoms. The molecule has 0 unspecified atom stereocenters. The smallest absolute Gasteiger partial charge is 0.311 e. The van der Waals surface area contributed by atoms with Crippen molar-refractivity contribution in [2.24, 2.45) is 5.92 Å².